The monoisotopic (exact) mass is 421 g/mol. The van der Waals surface area contributed by atoms with Crippen molar-refractivity contribution in [2.75, 3.05) is 4.72 Å². The lowest BCUT2D eigenvalue weighted by Gasteiger charge is -2.10. The molecule has 8 nitrogen and oxygen atoms in total. The standard InChI is InChI=1S/C21H19N5O3S/c1-16-4-2-5-17(12-16)14-30(27,28)25-18-6-8-19(9-7-18)29-21-13-20(22-15-23-21)26-11-3-10-24-26/h2-13,15,25H,14H2,1H3. The molecule has 0 saturated carbocycles. The van der Waals surface area contributed by atoms with E-state index in [1.807, 2.05) is 25.1 Å². The molecule has 2 aromatic carbocycles. The van der Waals surface area contributed by atoms with Crippen molar-refractivity contribution in [2.24, 2.45) is 0 Å². The molecule has 0 aliphatic heterocycles. The second-order valence-corrected chi connectivity index (χ2v) is 8.36. The Morgan fingerprint density at radius 3 is 2.60 bits per heavy atom. The maximum atomic E-state index is 12.4. The van der Waals surface area contributed by atoms with E-state index in [0.29, 0.717) is 23.1 Å². The van der Waals surface area contributed by atoms with Crippen molar-refractivity contribution < 1.29 is 13.2 Å². The van der Waals surface area contributed by atoms with Gasteiger partial charge < -0.3 is 4.74 Å². The summed E-state index contributed by atoms with van der Waals surface area (Å²) in [7, 11) is -3.53. The highest BCUT2D eigenvalue weighted by Gasteiger charge is 2.12. The van der Waals surface area contributed by atoms with Gasteiger partial charge in [0.1, 0.15) is 12.1 Å². The summed E-state index contributed by atoms with van der Waals surface area (Å²) in [6, 6.07) is 17.5. The van der Waals surface area contributed by atoms with Gasteiger partial charge in [-0.25, -0.2) is 23.1 Å². The minimum absolute atomic E-state index is 0.0932. The summed E-state index contributed by atoms with van der Waals surface area (Å²) >= 11 is 0. The third-order valence-electron chi connectivity index (χ3n) is 4.16. The number of aryl methyl sites for hydroxylation is 1. The SMILES string of the molecule is Cc1cccc(CS(=O)(=O)Nc2ccc(Oc3cc(-n4cccn4)ncn3)cc2)c1. The van der Waals surface area contributed by atoms with Crippen LogP contribution in [0.2, 0.25) is 0 Å². The van der Waals surface area contributed by atoms with Crippen LogP contribution in [0.3, 0.4) is 0 Å². The fourth-order valence-electron chi connectivity index (χ4n) is 2.86. The van der Waals surface area contributed by atoms with Crippen LogP contribution in [0.25, 0.3) is 5.82 Å². The van der Waals surface area contributed by atoms with Crippen molar-refractivity contribution in [1.29, 1.82) is 0 Å². The lowest BCUT2D eigenvalue weighted by atomic mass is 10.2. The molecule has 2 aromatic heterocycles. The highest BCUT2D eigenvalue weighted by molar-refractivity contribution is 7.91. The molecule has 0 bridgehead atoms. The van der Waals surface area contributed by atoms with Gasteiger partial charge in [0.05, 0.1) is 5.75 Å². The van der Waals surface area contributed by atoms with Crippen molar-refractivity contribution in [3.8, 4) is 17.4 Å². The average molecular weight is 421 g/mol. The minimum atomic E-state index is -3.53. The van der Waals surface area contributed by atoms with Gasteiger partial charge in [0.15, 0.2) is 5.82 Å². The molecule has 0 unspecified atom stereocenters. The maximum Gasteiger partial charge on any atom is 0.236 e. The number of ether oxygens (including phenoxy) is 1. The molecule has 0 atom stereocenters. The van der Waals surface area contributed by atoms with Crippen molar-refractivity contribution in [3.63, 3.8) is 0 Å². The molecule has 1 N–H and O–H groups in total. The Kier molecular flexibility index (Phi) is 5.44. The Labute approximate surface area is 174 Å². The highest BCUT2D eigenvalue weighted by atomic mass is 32.2. The fraction of sp³-hybridized carbons (Fsp3) is 0.0952. The molecule has 0 amide bonds. The maximum absolute atomic E-state index is 12.4. The van der Waals surface area contributed by atoms with Gasteiger partial charge in [0.25, 0.3) is 0 Å². The molecule has 152 valence electrons. The predicted octanol–water partition coefficient (Wildman–Crippen LogP) is 3.70. The van der Waals surface area contributed by atoms with Crippen LogP contribution < -0.4 is 9.46 Å². The van der Waals surface area contributed by atoms with Crippen LogP contribution >= 0.6 is 0 Å². The molecular weight excluding hydrogens is 402 g/mol. The van der Waals surface area contributed by atoms with Gasteiger partial charge in [0.2, 0.25) is 15.9 Å². The first-order chi connectivity index (χ1) is 14.5. The summed E-state index contributed by atoms with van der Waals surface area (Å²) in [5.74, 6) is 1.35. The fourth-order valence-corrected chi connectivity index (χ4v) is 4.05. The molecule has 2 heterocycles. The van der Waals surface area contributed by atoms with Crippen LogP contribution in [0.5, 0.6) is 11.6 Å². The van der Waals surface area contributed by atoms with Gasteiger partial charge in [-0.2, -0.15) is 5.10 Å². The smallest absolute Gasteiger partial charge is 0.236 e. The number of hydrogen-bond donors (Lipinski definition) is 1. The van der Waals surface area contributed by atoms with Crippen LogP contribution in [0.15, 0.2) is 79.4 Å². The van der Waals surface area contributed by atoms with Crippen LogP contribution in [0.1, 0.15) is 11.1 Å². The number of anilines is 1. The molecule has 4 aromatic rings. The molecule has 4 rings (SSSR count). The van der Waals surface area contributed by atoms with E-state index in [4.69, 9.17) is 4.74 Å². The third kappa shape index (κ3) is 5.00. The Bertz CT molecular complexity index is 1240. The van der Waals surface area contributed by atoms with E-state index < -0.39 is 10.0 Å². The van der Waals surface area contributed by atoms with E-state index in [9.17, 15) is 8.42 Å². The average Bonchev–Trinajstić information content (AvgIpc) is 3.24. The number of aromatic nitrogens is 4. The second kappa shape index (κ2) is 8.34. The number of benzene rings is 2. The zero-order valence-electron chi connectivity index (χ0n) is 16.1. The van der Waals surface area contributed by atoms with Crippen molar-refractivity contribution in [2.45, 2.75) is 12.7 Å². The molecule has 0 spiro atoms. The summed E-state index contributed by atoms with van der Waals surface area (Å²) in [6.45, 7) is 1.93. The van der Waals surface area contributed by atoms with Crippen molar-refractivity contribution in [1.82, 2.24) is 19.7 Å². The first-order valence-electron chi connectivity index (χ1n) is 9.13. The number of nitrogens with zero attached hydrogens (tertiary/aromatic N) is 4. The highest BCUT2D eigenvalue weighted by Crippen LogP contribution is 2.23. The summed E-state index contributed by atoms with van der Waals surface area (Å²) in [5.41, 5.74) is 2.21. The van der Waals surface area contributed by atoms with Crippen LogP contribution in [-0.2, 0) is 15.8 Å². The number of sulfonamides is 1. The van der Waals surface area contributed by atoms with Crippen molar-refractivity contribution in [3.05, 3.63) is 90.5 Å². The molecule has 0 aliphatic carbocycles. The number of nitrogens with one attached hydrogen (secondary N) is 1. The number of hydrogen-bond acceptors (Lipinski definition) is 6. The minimum Gasteiger partial charge on any atom is -0.439 e. The van der Waals surface area contributed by atoms with Gasteiger partial charge in [-0.3, -0.25) is 4.72 Å². The molecule has 0 radical (unpaired) electrons. The van der Waals surface area contributed by atoms with E-state index in [1.165, 1.54) is 6.33 Å². The van der Waals surface area contributed by atoms with Gasteiger partial charge in [-0.15, -0.1) is 0 Å². The summed E-state index contributed by atoms with van der Waals surface area (Å²) in [6.07, 6.45) is 4.81. The predicted molar refractivity (Wildman–Crippen MR) is 113 cm³/mol. The lowest BCUT2D eigenvalue weighted by molar-refractivity contribution is 0.460. The Balaban J connectivity index is 1.42. The largest absolute Gasteiger partial charge is 0.439 e. The normalized spacial score (nSPS) is 11.2. The molecule has 0 fully saturated rings. The van der Waals surface area contributed by atoms with E-state index >= 15 is 0 Å². The zero-order valence-corrected chi connectivity index (χ0v) is 17.0. The summed E-state index contributed by atoms with van der Waals surface area (Å²) in [5, 5.41) is 4.12. The molecular formula is C21H19N5O3S. The van der Waals surface area contributed by atoms with E-state index in [0.717, 1.165) is 11.1 Å². The first-order valence-corrected chi connectivity index (χ1v) is 10.8. The Morgan fingerprint density at radius 2 is 1.87 bits per heavy atom. The molecule has 0 aliphatic rings. The van der Waals surface area contributed by atoms with Gasteiger partial charge in [-0.05, 0) is 42.8 Å². The number of rotatable bonds is 7. The Morgan fingerprint density at radius 1 is 1.03 bits per heavy atom. The zero-order chi connectivity index (χ0) is 21.0. The van der Waals surface area contributed by atoms with Gasteiger partial charge >= 0.3 is 0 Å². The van der Waals surface area contributed by atoms with Crippen LogP contribution in [-0.4, -0.2) is 28.2 Å². The third-order valence-corrected chi connectivity index (χ3v) is 5.42. The van der Waals surface area contributed by atoms with Gasteiger partial charge in [-0.1, -0.05) is 29.8 Å². The quantitative estimate of drug-likeness (QED) is 0.488. The van der Waals surface area contributed by atoms with E-state index in [2.05, 4.69) is 19.8 Å². The Hall–Kier alpha value is -3.72. The summed E-state index contributed by atoms with van der Waals surface area (Å²) in [4.78, 5) is 8.24. The summed E-state index contributed by atoms with van der Waals surface area (Å²) < 4.78 is 34.8. The van der Waals surface area contributed by atoms with Gasteiger partial charge in [0, 0.05) is 24.1 Å². The van der Waals surface area contributed by atoms with E-state index in [-0.39, 0.29) is 5.75 Å². The van der Waals surface area contributed by atoms with E-state index in [1.54, 1.807) is 59.5 Å². The second-order valence-electron chi connectivity index (χ2n) is 6.64. The molecule has 30 heavy (non-hydrogen) atoms. The molecule has 9 heteroatoms. The van der Waals surface area contributed by atoms with Crippen LogP contribution in [0, 0.1) is 6.92 Å². The first kappa shape index (κ1) is 19.6. The lowest BCUT2D eigenvalue weighted by Crippen LogP contribution is -2.15. The molecule has 0 saturated heterocycles. The van der Waals surface area contributed by atoms with Crippen LogP contribution in [0.4, 0.5) is 5.69 Å². The van der Waals surface area contributed by atoms with Crippen molar-refractivity contribution >= 4 is 15.7 Å². The topological polar surface area (TPSA) is 99.0 Å².